The molecule has 5 nitrogen and oxygen atoms in total. The Balaban J connectivity index is 2.19. The molecule has 1 aromatic rings. The number of nitrogens with two attached hydrogens (primary N) is 1. The number of aliphatic hydroxyl groups is 1. The second-order valence-corrected chi connectivity index (χ2v) is 4.37. The minimum Gasteiger partial charge on any atom is -0.387 e. The lowest BCUT2D eigenvalue weighted by molar-refractivity contribution is -0.119. The van der Waals surface area contributed by atoms with E-state index >= 15 is 0 Å². The summed E-state index contributed by atoms with van der Waals surface area (Å²) in [6, 6.07) is 3.42. The maximum atomic E-state index is 11.3. The molecule has 0 aromatic carbocycles. The highest BCUT2D eigenvalue weighted by Crippen LogP contribution is 2.25. The Hall–Kier alpha value is -1.62. The summed E-state index contributed by atoms with van der Waals surface area (Å²) in [5.41, 5.74) is 6.88. The van der Waals surface area contributed by atoms with Crippen LogP contribution in [-0.2, 0) is 4.79 Å². The molecule has 1 amide bonds. The average Bonchev–Trinajstić information content (AvgIpc) is 2.78. The molecule has 0 radical (unpaired) electrons. The Labute approximate surface area is 100 Å². The molecule has 92 valence electrons. The van der Waals surface area contributed by atoms with Crippen LogP contribution in [0.2, 0.25) is 0 Å². The fourth-order valence-electron chi connectivity index (χ4n) is 2.19. The van der Waals surface area contributed by atoms with Crippen molar-refractivity contribution in [2.24, 2.45) is 5.73 Å². The SMILES string of the molecule is CC(O)c1ccc(N2CCCC2C(N)=O)cn1. The molecule has 2 atom stereocenters. The van der Waals surface area contributed by atoms with Crippen LogP contribution in [0.25, 0.3) is 0 Å². The number of nitrogens with zero attached hydrogens (tertiary/aromatic N) is 2. The zero-order chi connectivity index (χ0) is 12.4. The van der Waals surface area contributed by atoms with E-state index < -0.39 is 6.10 Å². The first-order valence-electron chi connectivity index (χ1n) is 5.79. The molecule has 1 aliphatic rings. The van der Waals surface area contributed by atoms with Crippen LogP contribution in [0.15, 0.2) is 18.3 Å². The Morgan fingerprint density at radius 2 is 2.41 bits per heavy atom. The summed E-state index contributed by atoms with van der Waals surface area (Å²) < 4.78 is 0. The van der Waals surface area contributed by atoms with Crippen LogP contribution in [0.4, 0.5) is 5.69 Å². The van der Waals surface area contributed by atoms with Crippen LogP contribution in [0.5, 0.6) is 0 Å². The van der Waals surface area contributed by atoms with E-state index in [0.29, 0.717) is 5.69 Å². The van der Waals surface area contributed by atoms with Crippen LogP contribution < -0.4 is 10.6 Å². The second kappa shape index (κ2) is 4.71. The van der Waals surface area contributed by atoms with Crippen molar-refractivity contribution >= 4 is 11.6 Å². The lowest BCUT2D eigenvalue weighted by Crippen LogP contribution is -2.40. The monoisotopic (exact) mass is 235 g/mol. The number of carbonyl (C=O) groups is 1. The third kappa shape index (κ3) is 2.39. The summed E-state index contributed by atoms with van der Waals surface area (Å²) in [5.74, 6) is -0.290. The van der Waals surface area contributed by atoms with E-state index in [1.54, 1.807) is 19.2 Å². The summed E-state index contributed by atoms with van der Waals surface area (Å²) >= 11 is 0. The van der Waals surface area contributed by atoms with Gasteiger partial charge in [-0.05, 0) is 31.9 Å². The zero-order valence-corrected chi connectivity index (χ0v) is 9.84. The standard InChI is InChI=1S/C12H17N3O2/c1-8(16)10-5-4-9(7-14-10)15-6-2-3-11(15)12(13)17/h4-5,7-8,11,16H,2-3,6H2,1H3,(H2,13,17). The fourth-order valence-corrected chi connectivity index (χ4v) is 2.19. The van der Waals surface area contributed by atoms with Gasteiger partial charge in [0.25, 0.3) is 0 Å². The summed E-state index contributed by atoms with van der Waals surface area (Å²) in [5, 5.41) is 9.37. The maximum absolute atomic E-state index is 11.3. The number of aliphatic hydroxyl groups excluding tert-OH is 1. The Bertz CT molecular complexity index is 403. The van der Waals surface area contributed by atoms with Gasteiger partial charge < -0.3 is 15.7 Å². The Morgan fingerprint density at radius 3 is 2.94 bits per heavy atom. The third-order valence-corrected chi connectivity index (χ3v) is 3.11. The number of hydrogen-bond acceptors (Lipinski definition) is 4. The zero-order valence-electron chi connectivity index (χ0n) is 9.84. The number of rotatable bonds is 3. The predicted octanol–water partition coefficient (Wildman–Crippen LogP) is 0.589. The molecule has 1 saturated heterocycles. The minimum absolute atomic E-state index is 0.228. The van der Waals surface area contributed by atoms with Crippen molar-refractivity contribution in [3.8, 4) is 0 Å². The summed E-state index contributed by atoms with van der Waals surface area (Å²) in [6.45, 7) is 2.49. The van der Waals surface area contributed by atoms with Crippen molar-refractivity contribution in [2.45, 2.75) is 31.9 Å². The lowest BCUT2D eigenvalue weighted by atomic mass is 10.2. The molecular weight excluding hydrogens is 218 g/mol. The molecule has 2 rings (SSSR count). The minimum atomic E-state index is -0.574. The molecule has 1 fully saturated rings. The normalized spacial score (nSPS) is 21.5. The molecule has 0 aliphatic carbocycles. The van der Waals surface area contributed by atoms with E-state index in [1.807, 2.05) is 11.0 Å². The topological polar surface area (TPSA) is 79.5 Å². The predicted molar refractivity (Wildman–Crippen MR) is 64.4 cm³/mol. The molecule has 1 aromatic heterocycles. The number of pyridine rings is 1. The van der Waals surface area contributed by atoms with Gasteiger partial charge in [-0.25, -0.2) is 0 Å². The van der Waals surface area contributed by atoms with Gasteiger partial charge in [0.1, 0.15) is 6.04 Å². The van der Waals surface area contributed by atoms with Crippen LogP contribution in [0.1, 0.15) is 31.6 Å². The summed E-state index contributed by atoms with van der Waals surface area (Å²) in [7, 11) is 0. The first-order valence-corrected chi connectivity index (χ1v) is 5.79. The van der Waals surface area contributed by atoms with Gasteiger partial charge in [0.05, 0.1) is 23.7 Å². The van der Waals surface area contributed by atoms with E-state index in [4.69, 9.17) is 5.73 Å². The number of carbonyl (C=O) groups excluding carboxylic acids is 1. The van der Waals surface area contributed by atoms with Gasteiger partial charge in [-0.15, -0.1) is 0 Å². The van der Waals surface area contributed by atoms with Gasteiger partial charge in [0, 0.05) is 6.54 Å². The molecule has 0 spiro atoms. The molecule has 2 unspecified atom stereocenters. The van der Waals surface area contributed by atoms with Crippen molar-refractivity contribution in [1.29, 1.82) is 0 Å². The van der Waals surface area contributed by atoms with Gasteiger partial charge >= 0.3 is 0 Å². The number of aromatic nitrogens is 1. The van der Waals surface area contributed by atoms with Crippen molar-refractivity contribution in [3.63, 3.8) is 0 Å². The molecule has 3 N–H and O–H groups in total. The second-order valence-electron chi connectivity index (χ2n) is 4.37. The van der Waals surface area contributed by atoms with E-state index in [-0.39, 0.29) is 11.9 Å². The number of hydrogen-bond donors (Lipinski definition) is 2. The van der Waals surface area contributed by atoms with E-state index in [1.165, 1.54) is 0 Å². The molecule has 1 aliphatic heterocycles. The van der Waals surface area contributed by atoms with Crippen LogP contribution in [0.3, 0.4) is 0 Å². The van der Waals surface area contributed by atoms with E-state index in [0.717, 1.165) is 25.1 Å². The molecule has 0 saturated carbocycles. The highest BCUT2D eigenvalue weighted by Gasteiger charge is 2.29. The quantitative estimate of drug-likeness (QED) is 0.803. The van der Waals surface area contributed by atoms with Crippen LogP contribution >= 0.6 is 0 Å². The molecule has 17 heavy (non-hydrogen) atoms. The number of anilines is 1. The summed E-state index contributed by atoms with van der Waals surface area (Å²) in [4.78, 5) is 17.4. The van der Waals surface area contributed by atoms with E-state index in [2.05, 4.69) is 4.98 Å². The van der Waals surface area contributed by atoms with Gasteiger partial charge in [0.2, 0.25) is 5.91 Å². The molecule has 5 heteroatoms. The summed E-state index contributed by atoms with van der Waals surface area (Å²) in [6.07, 6.45) is 2.87. The maximum Gasteiger partial charge on any atom is 0.240 e. The third-order valence-electron chi connectivity index (χ3n) is 3.11. The van der Waals surface area contributed by atoms with Gasteiger partial charge in [0.15, 0.2) is 0 Å². The highest BCUT2D eigenvalue weighted by atomic mass is 16.3. The van der Waals surface area contributed by atoms with Gasteiger partial charge in [-0.2, -0.15) is 0 Å². The van der Waals surface area contributed by atoms with Crippen molar-refractivity contribution in [2.75, 3.05) is 11.4 Å². The van der Waals surface area contributed by atoms with Crippen LogP contribution in [-0.4, -0.2) is 28.6 Å². The first kappa shape index (κ1) is 11.9. The number of primary amides is 1. The van der Waals surface area contributed by atoms with Crippen molar-refractivity contribution in [1.82, 2.24) is 4.98 Å². The first-order chi connectivity index (χ1) is 8.09. The molecular formula is C12H17N3O2. The number of amides is 1. The largest absolute Gasteiger partial charge is 0.387 e. The van der Waals surface area contributed by atoms with Crippen molar-refractivity contribution in [3.05, 3.63) is 24.0 Å². The average molecular weight is 235 g/mol. The van der Waals surface area contributed by atoms with E-state index in [9.17, 15) is 9.90 Å². The van der Waals surface area contributed by atoms with Gasteiger partial charge in [-0.3, -0.25) is 9.78 Å². The fraction of sp³-hybridized carbons (Fsp3) is 0.500. The molecule has 2 heterocycles. The highest BCUT2D eigenvalue weighted by molar-refractivity contribution is 5.84. The van der Waals surface area contributed by atoms with Crippen molar-refractivity contribution < 1.29 is 9.90 Å². The lowest BCUT2D eigenvalue weighted by Gasteiger charge is -2.24. The Kier molecular flexibility index (Phi) is 3.28. The van der Waals surface area contributed by atoms with Crippen LogP contribution in [0, 0.1) is 0 Å². The smallest absolute Gasteiger partial charge is 0.240 e. The Morgan fingerprint density at radius 1 is 1.65 bits per heavy atom. The van der Waals surface area contributed by atoms with Gasteiger partial charge in [-0.1, -0.05) is 0 Å². The molecule has 0 bridgehead atoms.